The SMILES string of the molecule is COC(=O)C(NCc1cc(Br)c2c(c1)OCCO2)C(C)C. The molecule has 0 amide bonds. The molecular weight excluding hydrogens is 338 g/mol. The van der Waals surface area contributed by atoms with Gasteiger partial charge < -0.3 is 19.5 Å². The molecule has 0 aromatic heterocycles. The minimum atomic E-state index is -0.332. The average Bonchev–Trinajstić information content (AvgIpc) is 2.47. The summed E-state index contributed by atoms with van der Waals surface area (Å²) in [4.78, 5) is 11.7. The van der Waals surface area contributed by atoms with E-state index in [1.54, 1.807) is 0 Å². The predicted octanol–water partition coefficient (Wildman–Crippen LogP) is 2.51. The second-order valence-electron chi connectivity index (χ2n) is 5.23. The van der Waals surface area contributed by atoms with Crippen molar-refractivity contribution in [2.24, 2.45) is 5.92 Å². The maximum absolute atomic E-state index is 11.7. The van der Waals surface area contributed by atoms with E-state index in [9.17, 15) is 4.79 Å². The van der Waals surface area contributed by atoms with Gasteiger partial charge >= 0.3 is 5.97 Å². The Labute approximate surface area is 133 Å². The molecule has 0 bridgehead atoms. The van der Waals surface area contributed by atoms with Gasteiger partial charge in [-0.1, -0.05) is 13.8 Å². The number of nitrogens with one attached hydrogen (secondary N) is 1. The molecule has 0 fully saturated rings. The summed E-state index contributed by atoms with van der Waals surface area (Å²) in [5, 5.41) is 3.23. The molecule has 2 rings (SSSR count). The fraction of sp³-hybridized carbons (Fsp3) is 0.533. The zero-order valence-corrected chi connectivity index (χ0v) is 14.0. The van der Waals surface area contributed by atoms with Crippen molar-refractivity contribution in [1.29, 1.82) is 0 Å². The topological polar surface area (TPSA) is 56.8 Å². The number of hydrogen-bond acceptors (Lipinski definition) is 5. The van der Waals surface area contributed by atoms with Crippen molar-refractivity contribution in [3.05, 3.63) is 22.2 Å². The molecule has 0 aliphatic carbocycles. The van der Waals surface area contributed by atoms with Gasteiger partial charge in [-0.15, -0.1) is 0 Å². The maximum atomic E-state index is 11.7. The van der Waals surface area contributed by atoms with Crippen LogP contribution in [-0.4, -0.2) is 32.3 Å². The first-order chi connectivity index (χ1) is 10.0. The van der Waals surface area contributed by atoms with Gasteiger partial charge in [-0.05, 0) is 39.5 Å². The molecule has 0 spiro atoms. The minimum absolute atomic E-state index is 0.151. The Morgan fingerprint density at radius 3 is 2.76 bits per heavy atom. The number of ether oxygens (including phenoxy) is 3. The van der Waals surface area contributed by atoms with Gasteiger partial charge in [0.1, 0.15) is 19.3 Å². The fourth-order valence-corrected chi connectivity index (χ4v) is 2.82. The lowest BCUT2D eigenvalue weighted by molar-refractivity contribution is -0.144. The van der Waals surface area contributed by atoms with E-state index in [1.165, 1.54) is 7.11 Å². The summed E-state index contributed by atoms with van der Waals surface area (Å²) in [6.45, 7) is 5.61. The van der Waals surface area contributed by atoms with Crippen molar-refractivity contribution >= 4 is 21.9 Å². The monoisotopic (exact) mass is 357 g/mol. The molecule has 116 valence electrons. The smallest absolute Gasteiger partial charge is 0.323 e. The standard InChI is InChI=1S/C15H20BrNO4/c1-9(2)13(15(18)19-3)17-8-10-6-11(16)14-12(7-10)20-4-5-21-14/h6-7,9,13,17H,4-5,8H2,1-3H3. The van der Waals surface area contributed by atoms with E-state index < -0.39 is 0 Å². The van der Waals surface area contributed by atoms with Crippen LogP contribution in [0.25, 0.3) is 0 Å². The van der Waals surface area contributed by atoms with Gasteiger partial charge in [-0.25, -0.2) is 0 Å². The van der Waals surface area contributed by atoms with Crippen molar-refractivity contribution in [1.82, 2.24) is 5.32 Å². The van der Waals surface area contributed by atoms with Crippen LogP contribution in [0.1, 0.15) is 19.4 Å². The first-order valence-corrected chi connectivity index (χ1v) is 7.71. The van der Waals surface area contributed by atoms with Crippen LogP contribution in [0.5, 0.6) is 11.5 Å². The summed E-state index contributed by atoms with van der Waals surface area (Å²) in [5.41, 5.74) is 1.01. The molecule has 1 heterocycles. The minimum Gasteiger partial charge on any atom is -0.486 e. The second kappa shape index (κ2) is 7.13. The van der Waals surface area contributed by atoms with Crippen LogP contribution in [0, 0.1) is 5.92 Å². The predicted molar refractivity (Wildman–Crippen MR) is 82.6 cm³/mol. The van der Waals surface area contributed by atoms with Crippen LogP contribution < -0.4 is 14.8 Å². The highest BCUT2D eigenvalue weighted by atomic mass is 79.9. The maximum Gasteiger partial charge on any atom is 0.323 e. The van der Waals surface area contributed by atoms with E-state index in [0.717, 1.165) is 21.5 Å². The zero-order chi connectivity index (χ0) is 15.4. The molecule has 0 radical (unpaired) electrons. The summed E-state index contributed by atoms with van der Waals surface area (Å²) in [6, 6.07) is 3.57. The average molecular weight is 358 g/mol. The van der Waals surface area contributed by atoms with Gasteiger partial charge in [-0.3, -0.25) is 4.79 Å². The molecule has 1 aromatic rings. The molecule has 21 heavy (non-hydrogen) atoms. The van der Waals surface area contributed by atoms with E-state index >= 15 is 0 Å². The Balaban J connectivity index is 2.09. The molecule has 1 atom stereocenters. The number of halogens is 1. The van der Waals surface area contributed by atoms with Gasteiger partial charge in [0.2, 0.25) is 0 Å². The van der Waals surface area contributed by atoms with Crippen molar-refractivity contribution in [3.63, 3.8) is 0 Å². The number of carbonyl (C=O) groups is 1. The van der Waals surface area contributed by atoms with Gasteiger partial charge in [-0.2, -0.15) is 0 Å². The number of esters is 1. The highest BCUT2D eigenvalue weighted by Gasteiger charge is 2.23. The number of methoxy groups -OCH3 is 1. The quantitative estimate of drug-likeness (QED) is 0.820. The van der Waals surface area contributed by atoms with E-state index in [2.05, 4.69) is 21.2 Å². The highest BCUT2D eigenvalue weighted by molar-refractivity contribution is 9.10. The van der Waals surface area contributed by atoms with E-state index in [0.29, 0.717) is 19.8 Å². The lowest BCUT2D eigenvalue weighted by atomic mass is 10.0. The van der Waals surface area contributed by atoms with Crippen LogP contribution in [-0.2, 0) is 16.1 Å². The zero-order valence-electron chi connectivity index (χ0n) is 12.4. The Morgan fingerprint density at radius 1 is 1.38 bits per heavy atom. The second-order valence-corrected chi connectivity index (χ2v) is 6.08. The van der Waals surface area contributed by atoms with Gasteiger partial charge in [0.25, 0.3) is 0 Å². The molecule has 6 heteroatoms. The Kier molecular flexibility index (Phi) is 5.47. The van der Waals surface area contributed by atoms with Crippen molar-refractivity contribution in [2.45, 2.75) is 26.4 Å². The summed E-state index contributed by atoms with van der Waals surface area (Å²) in [5.74, 6) is 1.37. The third kappa shape index (κ3) is 3.89. The molecule has 0 saturated carbocycles. The van der Waals surface area contributed by atoms with E-state index in [1.807, 2.05) is 26.0 Å². The van der Waals surface area contributed by atoms with E-state index in [-0.39, 0.29) is 17.9 Å². The van der Waals surface area contributed by atoms with Crippen LogP contribution in [0.15, 0.2) is 16.6 Å². The number of hydrogen-bond donors (Lipinski definition) is 1. The molecular formula is C15H20BrNO4. The number of rotatable bonds is 5. The molecule has 1 aliphatic rings. The molecule has 5 nitrogen and oxygen atoms in total. The molecule has 1 N–H and O–H groups in total. The molecule has 1 aliphatic heterocycles. The first-order valence-electron chi connectivity index (χ1n) is 6.92. The third-order valence-electron chi connectivity index (χ3n) is 3.30. The van der Waals surface area contributed by atoms with E-state index in [4.69, 9.17) is 14.2 Å². The summed E-state index contributed by atoms with van der Waals surface area (Å²) < 4.78 is 16.8. The van der Waals surface area contributed by atoms with Crippen molar-refractivity contribution < 1.29 is 19.0 Å². The van der Waals surface area contributed by atoms with Crippen molar-refractivity contribution in [3.8, 4) is 11.5 Å². The Morgan fingerprint density at radius 2 is 2.10 bits per heavy atom. The van der Waals surface area contributed by atoms with Crippen LogP contribution in [0.3, 0.4) is 0 Å². The summed E-state index contributed by atoms with van der Waals surface area (Å²) in [7, 11) is 1.40. The van der Waals surface area contributed by atoms with Crippen LogP contribution in [0.2, 0.25) is 0 Å². The van der Waals surface area contributed by atoms with Crippen molar-refractivity contribution in [2.75, 3.05) is 20.3 Å². The normalized spacial score (nSPS) is 14.9. The summed E-state index contributed by atoms with van der Waals surface area (Å²) >= 11 is 3.49. The van der Waals surface area contributed by atoms with Gasteiger partial charge in [0, 0.05) is 6.54 Å². The Bertz CT molecular complexity index is 519. The molecule has 0 saturated heterocycles. The first kappa shape index (κ1) is 16.1. The molecule has 1 aromatic carbocycles. The number of fused-ring (bicyclic) bond motifs is 1. The van der Waals surface area contributed by atoms with Gasteiger partial charge in [0.15, 0.2) is 11.5 Å². The fourth-order valence-electron chi connectivity index (χ4n) is 2.21. The highest BCUT2D eigenvalue weighted by Crippen LogP contribution is 2.38. The lowest BCUT2D eigenvalue weighted by Gasteiger charge is -2.22. The molecule has 1 unspecified atom stereocenters. The number of carbonyl (C=O) groups excluding carboxylic acids is 1. The van der Waals surface area contributed by atoms with Gasteiger partial charge in [0.05, 0.1) is 11.6 Å². The third-order valence-corrected chi connectivity index (χ3v) is 3.89. The lowest BCUT2D eigenvalue weighted by Crippen LogP contribution is -2.41. The summed E-state index contributed by atoms with van der Waals surface area (Å²) in [6.07, 6.45) is 0. The Hall–Kier alpha value is -1.27. The van der Waals surface area contributed by atoms with Crippen LogP contribution in [0.4, 0.5) is 0 Å². The largest absolute Gasteiger partial charge is 0.486 e. The van der Waals surface area contributed by atoms with Crippen LogP contribution >= 0.6 is 15.9 Å². The number of benzene rings is 1.